The van der Waals surface area contributed by atoms with Crippen LogP contribution in [0.15, 0.2) is 283 Å². The first-order valence-corrected chi connectivity index (χ1v) is 25.1. The Morgan fingerprint density at radius 2 is 1.01 bits per heavy atom. The largest absolute Gasteiger partial charge is 0.455 e. The van der Waals surface area contributed by atoms with Crippen molar-refractivity contribution in [3.05, 3.63) is 301 Å². The van der Waals surface area contributed by atoms with Crippen molar-refractivity contribution in [1.82, 2.24) is 0 Å². The predicted octanol–water partition coefficient (Wildman–Crippen LogP) is 18.6. The van der Waals surface area contributed by atoms with Gasteiger partial charge in [0, 0.05) is 44.6 Å². The molecule has 14 rings (SSSR count). The standard InChI is InChI=1S/C70H49NO/c1-69-42-18-35-65(67(69)61-30-12-14-33-63(61)70(69,55-25-4-2-5-26-55)56-27-6-3-7-28-56)71(57-40-38-48(39-41-57)50-23-16-24-51(43-50)54-37-36-47-19-8-9-20-49(47)44-54)64-34-15-13-29-58(64)59-31-17-32-60-62-45-52-21-10-11-22-53(52)46-66(62)72-68(59)60/h2-46,67H,1H3. The van der Waals surface area contributed by atoms with E-state index in [1.165, 1.54) is 66.2 Å². The van der Waals surface area contributed by atoms with Crippen LogP contribution in [0.2, 0.25) is 0 Å². The number of hydrogen-bond donors (Lipinski definition) is 0. The van der Waals surface area contributed by atoms with Crippen molar-refractivity contribution in [3.63, 3.8) is 0 Å². The third kappa shape index (κ3) is 6.35. The summed E-state index contributed by atoms with van der Waals surface area (Å²) in [5, 5.41) is 7.09. The lowest BCUT2D eigenvalue weighted by Gasteiger charge is -2.49. The Morgan fingerprint density at radius 3 is 1.78 bits per heavy atom. The highest BCUT2D eigenvalue weighted by Crippen LogP contribution is 2.69. The van der Waals surface area contributed by atoms with E-state index in [1.807, 2.05) is 0 Å². The number of nitrogens with zero attached hydrogens (tertiary/aromatic N) is 1. The molecule has 2 atom stereocenters. The SMILES string of the molecule is CC12C=CC=C(N(c3ccc(-c4cccc(-c5ccc6ccccc6c5)c4)cc3)c3ccccc3-c3cccc4c3oc3cc5ccccc5cc34)C1c1ccccc1C2(c1ccccc1)c1ccccc1. The van der Waals surface area contributed by atoms with Crippen LogP contribution in [-0.4, -0.2) is 0 Å². The number of benzene rings is 11. The summed E-state index contributed by atoms with van der Waals surface area (Å²) in [6.07, 6.45) is 7.20. The van der Waals surface area contributed by atoms with E-state index >= 15 is 0 Å². The van der Waals surface area contributed by atoms with Crippen LogP contribution < -0.4 is 4.90 Å². The molecule has 0 N–H and O–H groups in total. The summed E-state index contributed by atoms with van der Waals surface area (Å²) in [5.74, 6) is -0.0418. The Balaban J connectivity index is 0.968. The van der Waals surface area contributed by atoms with Gasteiger partial charge in [-0.15, -0.1) is 0 Å². The zero-order chi connectivity index (χ0) is 47.8. The molecule has 0 radical (unpaired) electrons. The molecule has 2 heteroatoms. The van der Waals surface area contributed by atoms with E-state index < -0.39 is 10.8 Å². The van der Waals surface area contributed by atoms with Gasteiger partial charge in [0.05, 0.1) is 11.1 Å². The third-order valence-corrected chi connectivity index (χ3v) is 16.0. The fraction of sp³-hybridized carbons (Fsp3) is 0.0571. The van der Waals surface area contributed by atoms with E-state index in [0.29, 0.717) is 0 Å². The van der Waals surface area contributed by atoms with E-state index in [-0.39, 0.29) is 5.92 Å². The van der Waals surface area contributed by atoms with Gasteiger partial charge < -0.3 is 9.32 Å². The molecule has 1 aromatic heterocycles. The summed E-state index contributed by atoms with van der Waals surface area (Å²) >= 11 is 0. The van der Waals surface area contributed by atoms with Gasteiger partial charge in [-0.25, -0.2) is 0 Å². The van der Waals surface area contributed by atoms with E-state index in [0.717, 1.165) is 50.0 Å². The lowest BCUT2D eigenvalue weighted by atomic mass is 9.54. The van der Waals surface area contributed by atoms with Crippen LogP contribution in [0, 0.1) is 5.41 Å². The molecule has 2 nitrogen and oxygen atoms in total. The molecule has 340 valence electrons. The minimum atomic E-state index is -0.499. The Kier molecular flexibility index (Phi) is 9.66. The maximum atomic E-state index is 6.97. The van der Waals surface area contributed by atoms with Crippen molar-refractivity contribution in [2.24, 2.45) is 5.41 Å². The Bertz CT molecular complexity index is 4080. The van der Waals surface area contributed by atoms with Crippen LogP contribution in [-0.2, 0) is 5.41 Å². The van der Waals surface area contributed by atoms with Gasteiger partial charge in [0.2, 0.25) is 0 Å². The fourth-order valence-corrected chi connectivity index (χ4v) is 12.8. The summed E-state index contributed by atoms with van der Waals surface area (Å²) in [7, 11) is 0. The molecule has 72 heavy (non-hydrogen) atoms. The van der Waals surface area contributed by atoms with Gasteiger partial charge >= 0.3 is 0 Å². The van der Waals surface area contributed by atoms with Crippen LogP contribution in [0.4, 0.5) is 11.4 Å². The van der Waals surface area contributed by atoms with Crippen LogP contribution in [0.3, 0.4) is 0 Å². The zero-order valence-electron chi connectivity index (χ0n) is 39.9. The Hall–Kier alpha value is -8.98. The minimum absolute atomic E-state index is 0.0418. The van der Waals surface area contributed by atoms with Crippen molar-refractivity contribution in [1.29, 1.82) is 0 Å². The molecule has 0 saturated heterocycles. The first-order chi connectivity index (χ1) is 35.6. The second kappa shape index (κ2) is 16.6. The van der Waals surface area contributed by atoms with Crippen molar-refractivity contribution >= 4 is 54.9 Å². The molecular weight excluding hydrogens is 871 g/mol. The number of furan rings is 1. The first kappa shape index (κ1) is 41.9. The molecule has 2 unspecified atom stereocenters. The number of anilines is 2. The highest BCUT2D eigenvalue weighted by Gasteiger charge is 2.62. The summed E-state index contributed by atoms with van der Waals surface area (Å²) in [4.78, 5) is 2.55. The topological polar surface area (TPSA) is 16.4 Å². The maximum absolute atomic E-state index is 6.97. The van der Waals surface area contributed by atoms with Gasteiger partial charge in [0.1, 0.15) is 11.2 Å². The summed E-state index contributed by atoms with van der Waals surface area (Å²) in [6, 6.07) is 93.7. The average molecular weight is 920 g/mol. The van der Waals surface area contributed by atoms with E-state index in [1.54, 1.807) is 0 Å². The van der Waals surface area contributed by atoms with E-state index in [9.17, 15) is 0 Å². The van der Waals surface area contributed by atoms with Crippen molar-refractivity contribution in [2.75, 3.05) is 4.90 Å². The van der Waals surface area contributed by atoms with Crippen LogP contribution in [0.5, 0.6) is 0 Å². The molecule has 2 aliphatic rings. The smallest absolute Gasteiger partial charge is 0.143 e. The molecule has 0 amide bonds. The first-order valence-electron chi connectivity index (χ1n) is 25.1. The van der Waals surface area contributed by atoms with Gasteiger partial charge in [0.15, 0.2) is 0 Å². The molecule has 0 fully saturated rings. The number of fused-ring (bicyclic) bond motifs is 8. The second-order valence-electron chi connectivity index (χ2n) is 19.8. The Morgan fingerprint density at radius 1 is 0.431 bits per heavy atom. The summed E-state index contributed by atoms with van der Waals surface area (Å²) < 4.78 is 6.97. The molecular formula is C70H49NO. The summed E-state index contributed by atoms with van der Waals surface area (Å²) in [5.41, 5.74) is 16.4. The van der Waals surface area contributed by atoms with E-state index in [4.69, 9.17) is 4.42 Å². The van der Waals surface area contributed by atoms with E-state index in [2.05, 4.69) is 285 Å². The molecule has 1 heterocycles. The lowest BCUT2D eigenvalue weighted by Crippen LogP contribution is -2.45. The number of para-hydroxylation sites is 2. The average Bonchev–Trinajstić information content (AvgIpc) is 3.94. The van der Waals surface area contributed by atoms with Gasteiger partial charge in [-0.2, -0.15) is 0 Å². The Labute approximate surface area is 420 Å². The predicted molar refractivity (Wildman–Crippen MR) is 301 cm³/mol. The van der Waals surface area contributed by atoms with Gasteiger partial charge in [-0.3, -0.25) is 0 Å². The highest BCUT2D eigenvalue weighted by atomic mass is 16.3. The summed E-state index contributed by atoms with van der Waals surface area (Å²) in [6.45, 7) is 2.50. The molecule has 0 bridgehead atoms. The quantitative estimate of drug-likeness (QED) is 0.151. The number of rotatable bonds is 8. The normalized spacial score (nSPS) is 16.7. The molecule has 12 aromatic rings. The van der Waals surface area contributed by atoms with Crippen molar-refractivity contribution in [2.45, 2.75) is 18.3 Å². The van der Waals surface area contributed by atoms with Crippen LogP contribution >= 0.6 is 0 Å². The zero-order valence-corrected chi connectivity index (χ0v) is 39.9. The van der Waals surface area contributed by atoms with Gasteiger partial charge in [0.25, 0.3) is 0 Å². The highest BCUT2D eigenvalue weighted by molar-refractivity contribution is 6.14. The second-order valence-corrected chi connectivity index (χ2v) is 19.8. The minimum Gasteiger partial charge on any atom is -0.455 e. The monoisotopic (exact) mass is 919 g/mol. The van der Waals surface area contributed by atoms with Gasteiger partial charge in [-0.1, -0.05) is 231 Å². The van der Waals surface area contributed by atoms with Gasteiger partial charge in [-0.05, 0) is 115 Å². The molecule has 0 spiro atoms. The lowest BCUT2D eigenvalue weighted by molar-refractivity contribution is 0.279. The van der Waals surface area contributed by atoms with Crippen molar-refractivity contribution < 1.29 is 4.42 Å². The maximum Gasteiger partial charge on any atom is 0.143 e. The molecule has 0 saturated carbocycles. The molecule has 11 aromatic carbocycles. The number of allylic oxidation sites excluding steroid dienone is 4. The number of hydrogen-bond acceptors (Lipinski definition) is 2. The fourth-order valence-electron chi connectivity index (χ4n) is 12.8. The molecule has 0 aliphatic heterocycles. The third-order valence-electron chi connectivity index (χ3n) is 16.0. The van der Waals surface area contributed by atoms with Crippen LogP contribution in [0.1, 0.15) is 35.1 Å². The van der Waals surface area contributed by atoms with Crippen molar-refractivity contribution in [3.8, 4) is 33.4 Å². The molecule has 2 aliphatic carbocycles. The van der Waals surface area contributed by atoms with Crippen LogP contribution in [0.25, 0.3) is 76.9 Å².